The third kappa shape index (κ3) is 7.45. The van der Waals surface area contributed by atoms with Crippen LogP contribution in [0.1, 0.15) is 56.8 Å². The lowest BCUT2D eigenvalue weighted by Crippen LogP contribution is -2.50. The van der Waals surface area contributed by atoms with Gasteiger partial charge < -0.3 is 26.0 Å². The van der Waals surface area contributed by atoms with Gasteiger partial charge in [-0.1, -0.05) is 26.0 Å². The minimum absolute atomic E-state index is 0.0347. The van der Waals surface area contributed by atoms with Crippen molar-refractivity contribution in [2.45, 2.75) is 52.5 Å². The molecular formula is C23H37N5O3. The number of rotatable bonds is 9. The molecule has 1 aromatic carbocycles. The van der Waals surface area contributed by atoms with Crippen LogP contribution in [0.2, 0.25) is 0 Å². The van der Waals surface area contributed by atoms with Gasteiger partial charge in [-0.2, -0.15) is 0 Å². The second-order valence-corrected chi connectivity index (χ2v) is 7.79. The molecule has 2 amide bonds. The molecular weight excluding hydrogens is 394 g/mol. The van der Waals surface area contributed by atoms with E-state index in [2.05, 4.69) is 34.8 Å². The van der Waals surface area contributed by atoms with Crippen molar-refractivity contribution in [2.24, 2.45) is 10.9 Å². The number of nitrogens with zero attached hydrogens (tertiary/aromatic N) is 2. The van der Waals surface area contributed by atoms with Gasteiger partial charge in [0.25, 0.3) is 5.91 Å². The van der Waals surface area contributed by atoms with E-state index in [0.717, 1.165) is 45.3 Å². The number of carbonyl (C=O) groups is 2. The average Bonchev–Trinajstić information content (AvgIpc) is 2.78. The molecule has 0 saturated carbocycles. The Hall–Kier alpha value is -2.77. The second kappa shape index (κ2) is 12.8. The summed E-state index contributed by atoms with van der Waals surface area (Å²) in [6, 6.07) is 6.73. The Labute approximate surface area is 185 Å². The van der Waals surface area contributed by atoms with Gasteiger partial charge in [0.15, 0.2) is 5.96 Å². The maximum atomic E-state index is 12.6. The van der Waals surface area contributed by atoms with E-state index < -0.39 is 0 Å². The van der Waals surface area contributed by atoms with Crippen LogP contribution in [-0.2, 0) is 4.79 Å². The number of nitrogens with one attached hydrogen (secondary N) is 3. The number of phenols is 1. The van der Waals surface area contributed by atoms with E-state index in [0.29, 0.717) is 19.0 Å². The van der Waals surface area contributed by atoms with Crippen LogP contribution in [0.4, 0.5) is 0 Å². The van der Waals surface area contributed by atoms with E-state index in [-0.39, 0.29) is 35.1 Å². The fraction of sp³-hybridized carbons (Fsp3) is 0.609. The first-order valence-corrected chi connectivity index (χ1v) is 11.4. The maximum Gasteiger partial charge on any atom is 0.255 e. The van der Waals surface area contributed by atoms with Crippen molar-refractivity contribution >= 4 is 17.8 Å². The topological polar surface area (TPSA) is 106 Å². The first-order chi connectivity index (χ1) is 15.0. The molecule has 0 radical (unpaired) electrons. The number of phenolic OH excluding ortho intramolecular Hbond substituents is 1. The summed E-state index contributed by atoms with van der Waals surface area (Å²) in [5.74, 6) is 0.776. The molecule has 8 nitrogen and oxygen atoms in total. The normalized spacial score (nSPS) is 15.1. The predicted octanol–water partition coefficient (Wildman–Crippen LogP) is 2.10. The molecule has 0 aromatic heterocycles. The highest BCUT2D eigenvalue weighted by Crippen LogP contribution is 2.17. The summed E-state index contributed by atoms with van der Waals surface area (Å²) in [5, 5.41) is 19.2. The molecule has 0 spiro atoms. The largest absolute Gasteiger partial charge is 0.507 e. The summed E-state index contributed by atoms with van der Waals surface area (Å²) in [6.07, 6.45) is 3.57. The Morgan fingerprint density at radius 3 is 2.42 bits per heavy atom. The van der Waals surface area contributed by atoms with Gasteiger partial charge in [-0.25, -0.2) is 0 Å². The van der Waals surface area contributed by atoms with Gasteiger partial charge in [0, 0.05) is 38.1 Å². The lowest BCUT2D eigenvalue weighted by Gasteiger charge is -2.34. The number of para-hydroxylation sites is 1. The third-order valence-electron chi connectivity index (χ3n) is 5.64. The van der Waals surface area contributed by atoms with Gasteiger partial charge in [-0.15, -0.1) is 0 Å². The summed E-state index contributed by atoms with van der Waals surface area (Å²) in [7, 11) is 0. The first kappa shape index (κ1) is 24.5. The number of amides is 2. The maximum absolute atomic E-state index is 12.6. The lowest BCUT2D eigenvalue weighted by atomic mass is 9.98. The van der Waals surface area contributed by atoms with E-state index in [1.165, 1.54) is 6.07 Å². The van der Waals surface area contributed by atoms with Gasteiger partial charge in [0.1, 0.15) is 5.75 Å². The van der Waals surface area contributed by atoms with E-state index >= 15 is 0 Å². The number of hydrogen-bond donors (Lipinski definition) is 4. The van der Waals surface area contributed by atoms with Crippen molar-refractivity contribution in [1.82, 2.24) is 20.9 Å². The summed E-state index contributed by atoms with van der Waals surface area (Å²) in [6.45, 7) is 9.21. The van der Waals surface area contributed by atoms with E-state index in [4.69, 9.17) is 0 Å². The Kier molecular flexibility index (Phi) is 10.1. The zero-order valence-corrected chi connectivity index (χ0v) is 19.0. The Balaban J connectivity index is 1.79. The van der Waals surface area contributed by atoms with Crippen molar-refractivity contribution in [2.75, 3.05) is 32.7 Å². The zero-order valence-electron chi connectivity index (χ0n) is 19.0. The van der Waals surface area contributed by atoms with Crippen LogP contribution in [0.5, 0.6) is 5.75 Å². The molecule has 0 aliphatic carbocycles. The van der Waals surface area contributed by atoms with Crippen molar-refractivity contribution < 1.29 is 14.7 Å². The Bertz CT molecular complexity index is 740. The van der Waals surface area contributed by atoms with Gasteiger partial charge >= 0.3 is 0 Å². The van der Waals surface area contributed by atoms with E-state index in [9.17, 15) is 14.7 Å². The molecule has 0 bridgehead atoms. The summed E-state index contributed by atoms with van der Waals surface area (Å²) in [4.78, 5) is 31.2. The number of hydrogen-bond acceptors (Lipinski definition) is 4. The van der Waals surface area contributed by atoms with Crippen molar-refractivity contribution in [3.8, 4) is 5.75 Å². The zero-order chi connectivity index (χ0) is 22.6. The molecule has 2 rings (SSSR count). The molecule has 0 atom stereocenters. The van der Waals surface area contributed by atoms with Crippen LogP contribution in [0.25, 0.3) is 0 Å². The van der Waals surface area contributed by atoms with Crippen molar-refractivity contribution in [1.29, 1.82) is 0 Å². The minimum Gasteiger partial charge on any atom is -0.507 e. The molecule has 1 fully saturated rings. The fourth-order valence-corrected chi connectivity index (χ4v) is 3.75. The third-order valence-corrected chi connectivity index (χ3v) is 5.64. The predicted molar refractivity (Wildman–Crippen MR) is 123 cm³/mol. The number of aromatic hydroxyl groups is 1. The molecule has 8 heteroatoms. The van der Waals surface area contributed by atoms with Gasteiger partial charge in [0.2, 0.25) is 5.91 Å². The monoisotopic (exact) mass is 431 g/mol. The summed E-state index contributed by atoms with van der Waals surface area (Å²) >= 11 is 0. The van der Waals surface area contributed by atoms with Crippen LogP contribution in [0.15, 0.2) is 29.3 Å². The molecule has 1 saturated heterocycles. The second-order valence-electron chi connectivity index (χ2n) is 7.79. The number of aliphatic imine (C=N–C) groups is 1. The molecule has 1 aliphatic heterocycles. The van der Waals surface area contributed by atoms with Crippen LogP contribution >= 0.6 is 0 Å². The molecule has 1 aliphatic rings. The fourth-order valence-electron chi connectivity index (χ4n) is 3.75. The molecule has 31 heavy (non-hydrogen) atoms. The Morgan fingerprint density at radius 1 is 1.13 bits per heavy atom. The molecule has 1 heterocycles. The Morgan fingerprint density at radius 2 is 1.81 bits per heavy atom. The summed E-state index contributed by atoms with van der Waals surface area (Å²) < 4.78 is 0. The molecule has 4 N–H and O–H groups in total. The minimum atomic E-state index is -0.319. The van der Waals surface area contributed by atoms with Crippen LogP contribution in [-0.4, -0.2) is 66.5 Å². The highest BCUT2D eigenvalue weighted by Gasteiger charge is 2.26. The average molecular weight is 432 g/mol. The van der Waals surface area contributed by atoms with Crippen LogP contribution < -0.4 is 16.0 Å². The van der Waals surface area contributed by atoms with Crippen molar-refractivity contribution in [3.63, 3.8) is 0 Å². The van der Waals surface area contributed by atoms with Gasteiger partial charge in [-0.3, -0.25) is 14.6 Å². The number of piperidine rings is 1. The van der Waals surface area contributed by atoms with Crippen molar-refractivity contribution in [3.05, 3.63) is 29.8 Å². The van der Waals surface area contributed by atoms with E-state index in [1.54, 1.807) is 18.2 Å². The number of guanidine groups is 1. The number of likely N-dealkylation sites (tertiary alicyclic amines) is 1. The van der Waals surface area contributed by atoms with E-state index in [1.807, 2.05) is 11.8 Å². The number of benzene rings is 1. The SMILES string of the molecule is CCNC(=NCCNC(=O)c1ccccc1O)NC1CCN(C(=O)C(CC)CC)CC1. The smallest absolute Gasteiger partial charge is 0.255 e. The molecule has 1 aromatic rings. The highest BCUT2D eigenvalue weighted by atomic mass is 16.3. The first-order valence-electron chi connectivity index (χ1n) is 11.4. The van der Waals surface area contributed by atoms with Crippen LogP contribution in [0.3, 0.4) is 0 Å². The lowest BCUT2D eigenvalue weighted by molar-refractivity contribution is -0.136. The number of carbonyl (C=O) groups excluding carboxylic acids is 2. The van der Waals surface area contributed by atoms with Gasteiger partial charge in [0.05, 0.1) is 12.1 Å². The van der Waals surface area contributed by atoms with Gasteiger partial charge in [-0.05, 0) is 44.7 Å². The quantitative estimate of drug-likeness (QED) is 0.272. The molecule has 0 unspecified atom stereocenters. The van der Waals surface area contributed by atoms with Crippen LogP contribution in [0, 0.1) is 5.92 Å². The standard InChI is InChI=1S/C23H37N5O3/c1-4-17(5-2)22(31)28-15-11-18(12-16-28)27-23(24-6-3)26-14-13-25-21(30)19-9-7-8-10-20(19)29/h7-10,17-18,29H,4-6,11-16H2,1-3H3,(H,25,30)(H2,24,26,27). The highest BCUT2D eigenvalue weighted by molar-refractivity contribution is 5.96. The molecule has 172 valence electrons. The summed E-state index contributed by atoms with van der Waals surface area (Å²) in [5.41, 5.74) is 0.256.